The van der Waals surface area contributed by atoms with Gasteiger partial charge in [-0.3, -0.25) is 9.48 Å². The van der Waals surface area contributed by atoms with Crippen LogP contribution in [0.25, 0.3) is 0 Å². The number of carbonyl (C=O) groups is 2. The minimum atomic E-state index is -5.08. The SMILES string of the molecule is Cc1c(Cl)c(C(F)(F)F)nn1[C@@H](CC(F)(F)F)C(=O)Nc1ccc(N2CC(C)O[C@@H](C)C2)cc1C(=O)O. The Morgan fingerprint density at radius 1 is 1.19 bits per heavy atom. The number of ether oxygens (including phenoxy) is 1. The smallest absolute Gasteiger partial charge is 0.436 e. The number of nitrogens with zero attached hydrogens (tertiary/aromatic N) is 3. The van der Waals surface area contributed by atoms with Gasteiger partial charge >= 0.3 is 18.3 Å². The van der Waals surface area contributed by atoms with E-state index in [0.717, 1.165) is 6.92 Å². The quantitative estimate of drug-likeness (QED) is 0.468. The molecule has 0 aliphatic carbocycles. The molecular formula is C22H23ClF6N4O4. The van der Waals surface area contributed by atoms with Crippen LogP contribution in [0, 0.1) is 6.92 Å². The van der Waals surface area contributed by atoms with E-state index in [9.17, 15) is 41.0 Å². The molecule has 3 rings (SSSR count). The summed E-state index contributed by atoms with van der Waals surface area (Å²) in [7, 11) is 0. The molecule has 37 heavy (non-hydrogen) atoms. The average molecular weight is 557 g/mol. The van der Waals surface area contributed by atoms with E-state index in [1.807, 2.05) is 18.7 Å². The lowest BCUT2D eigenvalue weighted by Gasteiger charge is -2.37. The van der Waals surface area contributed by atoms with E-state index in [1.165, 1.54) is 18.2 Å². The highest BCUT2D eigenvalue weighted by atomic mass is 35.5. The highest BCUT2D eigenvalue weighted by molar-refractivity contribution is 6.32. The van der Waals surface area contributed by atoms with Gasteiger partial charge in [-0.2, -0.15) is 31.4 Å². The van der Waals surface area contributed by atoms with E-state index in [4.69, 9.17) is 16.3 Å². The number of benzene rings is 1. The van der Waals surface area contributed by atoms with Crippen molar-refractivity contribution in [1.82, 2.24) is 9.78 Å². The standard InChI is InChI=1S/C22H23ClF6N4O4/c1-10-8-32(9-11(2)37-10)13-4-5-15(14(6-13)20(35)36)30-19(34)16(7-21(24,25)26)33-12(3)17(23)18(31-33)22(27,28)29/h4-6,10-11,16H,7-9H2,1-3H3,(H,30,34)(H,35,36)/t10-,11?,16-/m0/s1. The molecule has 1 amide bonds. The van der Waals surface area contributed by atoms with Crippen molar-refractivity contribution in [2.75, 3.05) is 23.3 Å². The van der Waals surface area contributed by atoms with Crippen LogP contribution >= 0.6 is 11.6 Å². The maximum atomic E-state index is 13.3. The van der Waals surface area contributed by atoms with Crippen LogP contribution in [0.2, 0.25) is 5.02 Å². The molecule has 0 bridgehead atoms. The highest BCUT2D eigenvalue weighted by Crippen LogP contribution is 2.38. The van der Waals surface area contributed by atoms with Crippen LogP contribution in [0.4, 0.5) is 37.7 Å². The molecule has 1 aromatic carbocycles. The Hall–Kier alpha value is -3.00. The number of amides is 1. The first-order valence-corrected chi connectivity index (χ1v) is 11.3. The van der Waals surface area contributed by atoms with E-state index in [0.29, 0.717) is 18.8 Å². The third kappa shape index (κ3) is 6.66. The number of aromatic carboxylic acids is 1. The molecule has 3 atom stereocenters. The molecule has 2 N–H and O–H groups in total. The summed E-state index contributed by atoms with van der Waals surface area (Å²) >= 11 is 5.65. The summed E-state index contributed by atoms with van der Waals surface area (Å²) in [6, 6.07) is 1.63. The van der Waals surface area contributed by atoms with Crippen LogP contribution in [0.5, 0.6) is 0 Å². The molecule has 0 radical (unpaired) electrons. The summed E-state index contributed by atoms with van der Waals surface area (Å²) in [5.41, 5.74) is -2.43. The fourth-order valence-corrected chi connectivity index (χ4v) is 4.34. The molecule has 1 fully saturated rings. The first kappa shape index (κ1) is 28.6. The predicted molar refractivity (Wildman–Crippen MR) is 121 cm³/mol. The van der Waals surface area contributed by atoms with E-state index >= 15 is 0 Å². The molecule has 1 aromatic heterocycles. The lowest BCUT2D eigenvalue weighted by molar-refractivity contribution is -0.152. The monoisotopic (exact) mass is 556 g/mol. The van der Waals surface area contributed by atoms with Crippen molar-refractivity contribution >= 4 is 34.9 Å². The van der Waals surface area contributed by atoms with Gasteiger partial charge in [-0.15, -0.1) is 0 Å². The highest BCUT2D eigenvalue weighted by Gasteiger charge is 2.43. The predicted octanol–water partition coefficient (Wildman–Crippen LogP) is 5.31. The number of morpholine rings is 1. The molecule has 2 heterocycles. The first-order chi connectivity index (χ1) is 17.0. The Balaban J connectivity index is 1.97. The zero-order valence-electron chi connectivity index (χ0n) is 19.7. The number of nitrogens with one attached hydrogen (secondary N) is 1. The van der Waals surface area contributed by atoms with Gasteiger partial charge in [0.2, 0.25) is 5.91 Å². The number of carboxylic acid groups (broad SMARTS) is 1. The number of halogens is 7. The van der Waals surface area contributed by atoms with E-state index in [-0.39, 0.29) is 22.6 Å². The van der Waals surface area contributed by atoms with Gasteiger partial charge in [0.25, 0.3) is 0 Å². The maximum absolute atomic E-state index is 13.3. The number of carboxylic acids is 1. The first-order valence-electron chi connectivity index (χ1n) is 10.9. The van der Waals surface area contributed by atoms with Crippen LogP contribution in [-0.2, 0) is 15.7 Å². The molecule has 1 aliphatic heterocycles. The second kappa shape index (κ2) is 10.4. The van der Waals surface area contributed by atoms with Gasteiger partial charge in [0.1, 0.15) is 6.04 Å². The van der Waals surface area contributed by atoms with Crippen molar-refractivity contribution in [3.05, 3.63) is 40.2 Å². The number of aromatic nitrogens is 2. The topological polar surface area (TPSA) is 96.7 Å². The number of carbonyl (C=O) groups excluding carboxylic acids is 1. The van der Waals surface area contributed by atoms with Crippen molar-refractivity contribution in [1.29, 1.82) is 0 Å². The summed E-state index contributed by atoms with van der Waals surface area (Å²) in [5, 5.41) is 14.0. The van der Waals surface area contributed by atoms with Crippen LogP contribution < -0.4 is 10.2 Å². The zero-order valence-corrected chi connectivity index (χ0v) is 20.5. The fourth-order valence-electron chi connectivity index (χ4n) is 4.11. The van der Waals surface area contributed by atoms with Gasteiger partial charge in [0.15, 0.2) is 5.69 Å². The minimum absolute atomic E-state index is 0.148. The van der Waals surface area contributed by atoms with Gasteiger partial charge in [-0.05, 0) is 39.0 Å². The molecule has 15 heteroatoms. The molecule has 8 nitrogen and oxygen atoms in total. The third-order valence-electron chi connectivity index (χ3n) is 5.64. The second-order valence-corrected chi connectivity index (χ2v) is 9.09. The molecule has 1 saturated heterocycles. The van der Waals surface area contributed by atoms with Crippen molar-refractivity contribution in [2.24, 2.45) is 0 Å². The van der Waals surface area contributed by atoms with Crippen molar-refractivity contribution < 1.29 is 45.8 Å². The Morgan fingerprint density at radius 3 is 2.27 bits per heavy atom. The van der Waals surface area contributed by atoms with Crippen LogP contribution in [0.1, 0.15) is 48.1 Å². The Bertz CT molecular complexity index is 1170. The molecule has 0 spiro atoms. The van der Waals surface area contributed by atoms with Gasteiger partial charge in [-0.25, -0.2) is 4.79 Å². The number of alkyl halides is 6. The van der Waals surface area contributed by atoms with E-state index < -0.39 is 58.7 Å². The lowest BCUT2D eigenvalue weighted by atomic mass is 10.1. The molecular weight excluding hydrogens is 534 g/mol. The van der Waals surface area contributed by atoms with Gasteiger partial charge < -0.3 is 20.1 Å². The third-order valence-corrected chi connectivity index (χ3v) is 6.10. The van der Waals surface area contributed by atoms with Gasteiger partial charge in [-0.1, -0.05) is 11.6 Å². The Morgan fingerprint density at radius 2 is 1.78 bits per heavy atom. The summed E-state index contributed by atoms with van der Waals surface area (Å²) in [6.45, 7) is 5.56. The molecule has 1 aliphatic rings. The number of rotatable bonds is 6. The largest absolute Gasteiger partial charge is 0.478 e. The number of hydrogen-bond donors (Lipinski definition) is 2. The molecule has 204 valence electrons. The Labute approximate surface area is 212 Å². The summed E-state index contributed by atoms with van der Waals surface area (Å²) < 4.78 is 85.5. The van der Waals surface area contributed by atoms with Crippen molar-refractivity contribution in [3.63, 3.8) is 0 Å². The van der Waals surface area contributed by atoms with Crippen LogP contribution in [0.15, 0.2) is 18.2 Å². The van der Waals surface area contributed by atoms with E-state index in [2.05, 4.69) is 10.4 Å². The average Bonchev–Trinajstić information content (AvgIpc) is 3.05. The molecule has 2 aromatic rings. The lowest BCUT2D eigenvalue weighted by Crippen LogP contribution is -2.45. The maximum Gasteiger partial charge on any atom is 0.436 e. The Kier molecular flexibility index (Phi) is 8.03. The van der Waals surface area contributed by atoms with Gasteiger partial charge in [0, 0.05) is 18.8 Å². The summed E-state index contributed by atoms with van der Waals surface area (Å²) in [4.78, 5) is 26.7. The molecule has 1 unspecified atom stereocenters. The number of hydrogen-bond acceptors (Lipinski definition) is 5. The minimum Gasteiger partial charge on any atom is -0.478 e. The van der Waals surface area contributed by atoms with Crippen molar-refractivity contribution in [2.45, 2.75) is 57.8 Å². The zero-order chi connectivity index (χ0) is 27.9. The van der Waals surface area contributed by atoms with Gasteiger partial charge in [0.05, 0.1) is 40.6 Å². The van der Waals surface area contributed by atoms with Crippen LogP contribution in [0.3, 0.4) is 0 Å². The van der Waals surface area contributed by atoms with Crippen LogP contribution in [-0.4, -0.2) is 58.2 Å². The normalized spacial score (nSPS) is 19.6. The fraction of sp³-hybridized carbons (Fsp3) is 0.500. The summed E-state index contributed by atoms with van der Waals surface area (Å²) in [6.07, 6.45) is -12.2. The second-order valence-electron chi connectivity index (χ2n) is 8.71. The number of anilines is 2. The molecule has 0 saturated carbocycles. The van der Waals surface area contributed by atoms with Crippen molar-refractivity contribution in [3.8, 4) is 0 Å². The summed E-state index contributed by atoms with van der Waals surface area (Å²) in [5.74, 6) is -2.89. The van der Waals surface area contributed by atoms with E-state index in [1.54, 1.807) is 0 Å².